The number of amides is 1. The van der Waals surface area contributed by atoms with Crippen LogP contribution in [0.3, 0.4) is 0 Å². The van der Waals surface area contributed by atoms with E-state index in [0.717, 1.165) is 17.7 Å². The number of aromatic amines is 1. The first-order valence-corrected chi connectivity index (χ1v) is 11.3. The standard InChI is InChI=1S/C25H26N4O2S/c1-16-21-23(30)27-20(13-17-9-5-4-6-10-17)28-25(21)32-22(16)24(31)26-14-18-11-7-8-12-19(18)15-29(2)3/h4-12H,13-15H2,1-3H3,(H,26,31)(H,27,28,30). The number of aromatic nitrogens is 2. The summed E-state index contributed by atoms with van der Waals surface area (Å²) in [4.78, 5) is 36.5. The molecule has 2 heterocycles. The van der Waals surface area contributed by atoms with Crippen molar-refractivity contribution in [2.75, 3.05) is 14.1 Å². The first-order valence-electron chi connectivity index (χ1n) is 10.5. The molecule has 0 spiro atoms. The maximum Gasteiger partial charge on any atom is 0.261 e. The first-order chi connectivity index (χ1) is 15.4. The molecule has 2 aromatic carbocycles. The zero-order valence-corrected chi connectivity index (χ0v) is 19.3. The van der Waals surface area contributed by atoms with Gasteiger partial charge in [-0.2, -0.15) is 0 Å². The fourth-order valence-electron chi connectivity index (χ4n) is 3.76. The summed E-state index contributed by atoms with van der Waals surface area (Å²) in [5, 5.41) is 3.51. The third-order valence-corrected chi connectivity index (χ3v) is 6.50. The van der Waals surface area contributed by atoms with Crippen LogP contribution < -0.4 is 10.9 Å². The second kappa shape index (κ2) is 9.46. The summed E-state index contributed by atoms with van der Waals surface area (Å²) in [5.74, 6) is 0.411. The summed E-state index contributed by atoms with van der Waals surface area (Å²) in [6.07, 6.45) is 0.535. The van der Waals surface area contributed by atoms with E-state index in [4.69, 9.17) is 0 Å². The van der Waals surface area contributed by atoms with E-state index >= 15 is 0 Å². The highest BCUT2D eigenvalue weighted by Crippen LogP contribution is 2.27. The predicted molar refractivity (Wildman–Crippen MR) is 129 cm³/mol. The Morgan fingerprint density at radius 2 is 1.75 bits per heavy atom. The second-order valence-electron chi connectivity index (χ2n) is 8.10. The van der Waals surface area contributed by atoms with Gasteiger partial charge in [0.05, 0.1) is 10.3 Å². The number of nitrogens with one attached hydrogen (secondary N) is 2. The van der Waals surface area contributed by atoms with Gasteiger partial charge in [0.2, 0.25) is 0 Å². The molecule has 4 aromatic rings. The smallest absolute Gasteiger partial charge is 0.261 e. The number of thiophene rings is 1. The van der Waals surface area contributed by atoms with Gasteiger partial charge in [0.1, 0.15) is 10.7 Å². The van der Waals surface area contributed by atoms with Crippen LogP contribution in [-0.4, -0.2) is 34.9 Å². The van der Waals surface area contributed by atoms with Crippen molar-refractivity contribution in [2.45, 2.75) is 26.4 Å². The summed E-state index contributed by atoms with van der Waals surface area (Å²) >= 11 is 1.27. The Balaban J connectivity index is 1.57. The molecule has 0 aliphatic heterocycles. The molecule has 0 fully saturated rings. The van der Waals surface area contributed by atoms with Crippen LogP contribution in [-0.2, 0) is 19.5 Å². The molecule has 6 nitrogen and oxygen atoms in total. The molecule has 2 aromatic heterocycles. The van der Waals surface area contributed by atoms with Crippen LogP contribution in [0, 0.1) is 6.92 Å². The Labute approximate surface area is 190 Å². The number of fused-ring (bicyclic) bond motifs is 1. The third kappa shape index (κ3) is 4.79. The van der Waals surface area contributed by atoms with E-state index in [1.54, 1.807) is 0 Å². The van der Waals surface area contributed by atoms with Crippen molar-refractivity contribution in [1.29, 1.82) is 0 Å². The largest absolute Gasteiger partial charge is 0.347 e. The monoisotopic (exact) mass is 446 g/mol. The van der Waals surface area contributed by atoms with Crippen LogP contribution >= 0.6 is 11.3 Å². The Bertz CT molecular complexity index is 1310. The maximum absolute atomic E-state index is 13.0. The molecule has 2 N–H and O–H groups in total. The number of hydrogen-bond donors (Lipinski definition) is 2. The van der Waals surface area contributed by atoms with Gasteiger partial charge in [-0.3, -0.25) is 9.59 Å². The molecule has 0 saturated heterocycles. The molecule has 0 aliphatic rings. The lowest BCUT2D eigenvalue weighted by Crippen LogP contribution is -2.24. The van der Waals surface area contributed by atoms with Crippen LogP contribution in [0.5, 0.6) is 0 Å². The van der Waals surface area contributed by atoms with Gasteiger partial charge >= 0.3 is 0 Å². The summed E-state index contributed by atoms with van der Waals surface area (Å²) < 4.78 is 0. The number of carbonyl (C=O) groups is 1. The van der Waals surface area contributed by atoms with Crippen molar-refractivity contribution in [3.8, 4) is 0 Å². The quantitative estimate of drug-likeness (QED) is 0.452. The van der Waals surface area contributed by atoms with Crippen molar-refractivity contribution in [3.05, 3.63) is 97.9 Å². The van der Waals surface area contributed by atoms with Crippen LogP contribution in [0.1, 0.15) is 37.7 Å². The van der Waals surface area contributed by atoms with Gasteiger partial charge in [-0.25, -0.2) is 4.98 Å². The Morgan fingerprint density at radius 1 is 1.06 bits per heavy atom. The lowest BCUT2D eigenvalue weighted by molar-refractivity contribution is 0.0954. The molecule has 0 saturated carbocycles. The predicted octanol–water partition coefficient (Wildman–Crippen LogP) is 3.88. The molecule has 32 heavy (non-hydrogen) atoms. The van der Waals surface area contributed by atoms with Gasteiger partial charge in [0.15, 0.2) is 0 Å². The topological polar surface area (TPSA) is 78.1 Å². The molecule has 1 amide bonds. The van der Waals surface area contributed by atoms with Gasteiger partial charge in [-0.1, -0.05) is 54.6 Å². The van der Waals surface area contributed by atoms with Crippen molar-refractivity contribution >= 4 is 27.5 Å². The highest BCUT2D eigenvalue weighted by atomic mass is 32.1. The van der Waals surface area contributed by atoms with Gasteiger partial charge in [0.25, 0.3) is 11.5 Å². The third-order valence-electron chi connectivity index (χ3n) is 5.31. The number of rotatable bonds is 7. The summed E-state index contributed by atoms with van der Waals surface area (Å²) in [5.41, 5.74) is 3.79. The lowest BCUT2D eigenvalue weighted by atomic mass is 10.1. The van der Waals surface area contributed by atoms with E-state index in [9.17, 15) is 9.59 Å². The molecular formula is C25H26N4O2S. The zero-order valence-electron chi connectivity index (χ0n) is 18.4. The Morgan fingerprint density at radius 3 is 2.47 bits per heavy atom. The van der Waals surface area contributed by atoms with Crippen molar-refractivity contribution < 1.29 is 4.79 Å². The van der Waals surface area contributed by atoms with E-state index < -0.39 is 0 Å². The van der Waals surface area contributed by atoms with Crippen molar-refractivity contribution in [3.63, 3.8) is 0 Å². The molecular weight excluding hydrogens is 420 g/mol. The second-order valence-corrected chi connectivity index (χ2v) is 9.10. The number of carbonyl (C=O) groups excluding carboxylic acids is 1. The molecule has 0 aliphatic carbocycles. The minimum atomic E-state index is -0.204. The van der Waals surface area contributed by atoms with Gasteiger partial charge in [-0.15, -0.1) is 11.3 Å². The van der Waals surface area contributed by atoms with Gasteiger partial charge < -0.3 is 15.2 Å². The van der Waals surface area contributed by atoms with Crippen LogP contribution in [0.25, 0.3) is 10.2 Å². The maximum atomic E-state index is 13.0. The minimum Gasteiger partial charge on any atom is -0.347 e. The first kappa shape index (κ1) is 21.9. The van der Waals surface area contributed by atoms with Crippen LogP contribution in [0.4, 0.5) is 0 Å². The molecule has 7 heteroatoms. The van der Waals surface area contributed by atoms with Crippen molar-refractivity contribution in [1.82, 2.24) is 20.2 Å². The van der Waals surface area contributed by atoms with Gasteiger partial charge in [0, 0.05) is 19.5 Å². The number of aryl methyl sites for hydroxylation is 1. The average Bonchev–Trinajstić information content (AvgIpc) is 3.10. The van der Waals surface area contributed by atoms with Crippen LogP contribution in [0.15, 0.2) is 59.4 Å². The zero-order chi connectivity index (χ0) is 22.7. The lowest BCUT2D eigenvalue weighted by Gasteiger charge is -2.14. The van der Waals surface area contributed by atoms with E-state index in [1.807, 2.05) is 69.6 Å². The fourth-order valence-corrected chi connectivity index (χ4v) is 4.88. The number of nitrogens with zero attached hydrogens (tertiary/aromatic N) is 2. The van der Waals surface area contributed by atoms with Gasteiger partial charge in [-0.05, 0) is 43.3 Å². The molecule has 0 unspecified atom stereocenters. The summed E-state index contributed by atoms with van der Waals surface area (Å²) in [7, 11) is 4.04. The highest BCUT2D eigenvalue weighted by molar-refractivity contribution is 7.20. The number of hydrogen-bond acceptors (Lipinski definition) is 5. The fraction of sp³-hybridized carbons (Fsp3) is 0.240. The number of H-pyrrole nitrogens is 1. The molecule has 0 radical (unpaired) electrons. The normalized spacial score (nSPS) is 11.2. The molecule has 0 atom stereocenters. The minimum absolute atomic E-state index is 0.186. The average molecular weight is 447 g/mol. The van der Waals surface area contributed by atoms with E-state index in [-0.39, 0.29) is 11.5 Å². The summed E-state index contributed by atoms with van der Waals surface area (Å²) in [6.45, 7) is 3.04. The van der Waals surface area contributed by atoms with E-state index in [1.165, 1.54) is 16.9 Å². The van der Waals surface area contributed by atoms with Crippen LogP contribution in [0.2, 0.25) is 0 Å². The summed E-state index contributed by atoms with van der Waals surface area (Å²) in [6, 6.07) is 17.9. The molecule has 0 bridgehead atoms. The SMILES string of the molecule is Cc1c(C(=O)NCc2ccccc2CN(C)C)sc2nc(Cc3ccccc3)[nH]c(=O)c12. The molecule has 164 valence electrons. The Kier molecular flexibility index (Phi) is 6.48. The highest BCUT2D eigenvalue weighted by Gasteiger charge is 2.19. The molecule has 4 rings (SSSR count). The van der Waals surface area contributed by atoms with E-state index in [2.05, 4.69) is 26.3 Å². The van der Waals surface area contributed by atoms with Crippen molar-refractivity contribution in [2.24, 2.45) is 0 Å². The van der Waals surface area contributed by atoms with E-state index in [0.29, 0.717) is 39.4 Å². The number of benzene rings is 2. The Hall–Kier alpha value is -3.29.